The van der Waals surface area contributed by atoms with Crippen molar-refractivity contribution in [2.45, 2.75) is 68.6 Å². The molecule has 0 bridgehead atoms. The van der Waals surface area contributed by atoms with Gasteiger partial charge in [0.15, 0.2) is 0 Å². The second kappa shape index (κ2) is 9.82. The van der Waals surface area contributed by atoms with Crippen LogP contribution >= 0.6 is 11.8 Å². The molecule has 1 aliphatic carbocycles. The summed E-state index contributed by atoms with van der Waals surface area (Å²) in [5.74, 6) is 1.00. The van der Waals surface area contributed by atoms with Crippen LogP contribution in [0.5, 0.6) is 0 Å². The Morgan fingerprint density at radius 1 is 0.923 bits per heavy atom. The first kappa shape index (κ1) is 19.0. The first-order chi connectivity index (χ1) is 12.7. The molecule has 0 saturated heterocycles. The van der Waals surface area contributed by atoms with Gasteiger partial charge < -0.3 is 5.32 Å². The third-order valence-corrected chi connectivity index (χ3v) is 6.17. The zero-order chi connectivity index (χ0) is 18.2. The van der Waals surface area contributed by atoms with Crippen molar-refractivity contribution in [2.75, 3.05) is 0 Å². The number of hydrogen-bond donors (Lipinski definition) is 1. The highest BCUT2D eigenvalue weighted by atomic mass is 32.2. The van der Waals surface area contributed by atoms with Crippen LogP contribution in [0.4, 0.5) is 0 Å². The van der Waals surface area contributed by atoms with Gasteiger partial charge in [-0.1, -0.05) is 61.9 Å². The maximum Gasteiger partial charge on any atom is 0.251 e. The molecule has 1 amide bonds. The monoisotopic (exact) mass is 367 g/mol. The molecule has 26 heavy (non-hydrogen) atoms. The van der Waals surface area contributed by atoms with Gasteiger partial charge >= 0.3 is 0 Å². The van der Waals surface area contributed by atoms with Gasteiger partial charge in [-0.2, -0.15) is 0 Å². The summed E-state index contributed by atoms with van der Waals surface area (Å²) in [6.07, 6.45) is 8.68. The number of aryl methyl sites for hydroxylation is 1. The molecule has 0 unspecified atom stereocenters. The van der Waals surface area contributed by atoms with E-state index in [0.717, 1.165) is 24.2 Å². The van der Waals surface area contributed by atoms with E-state index >= 15 is 0 Å². The average molecular weight is 368 g/mol. The zero-order valence-corrected chi connectivity index (χ0v) is 16.5. The Bertz CT molecular complexity index is 685. The van der Waals surface area contributed by atoms with E-state index in [9.17, 15) is 4.79 Å². The quantitative estimate of drug-likeness (QED) is 0.644. The molecule has 0 aromatic heterocycles. The summed E-state index contributed by atoms with van der Waals surface area (Å²) < 4.78 is 0. The van der Waals surface area contributed by atoms with Gasteiger partial charge in [0, 0.05) is 22.3 Å². The summed E-state index contributed by atoms with van der Waals surface area (Å²) >= 11 is 1.83. The Kier molecular flexibility index (Phi) is 7.19. The highest BCUT2D eigenvalue weighted by Gasteiger charge is 2.15. The summed E-state index contributed by atoms with van der Waals surface area (Å²) in [5, 5.41) is 3.24. The minimum Gasteiger partial charge on any atom is -0.349 e. The molecular formula is C23H29NOS. The van der Waals surface area contributed by atoms with Gasteiger partial charge in [-0.3, -0.25) is 4.79 Å². The van der Waals surface area contributed by atoms with Crippen molar-refractivity contribution in [1.82, 2.24) is 5.32 Å². The Hall–Kier alpha value is -1.74. The lowest BCUT2D eigenvalue weighted by atomic mass is 9.96. The van der Waals surface area contributed by atoms with Crippen LogP contribution in [0.25, 0.3) is 0 Å². The van der Waals surface area contributed by atoms with Crippen LogP contribution in [-0.2, 0) is 5.75 Å². The second-order valence-electron chi connectivity index (χ2n) is 7.31. The number of amides is 1. The predicted octanol–water partition coefficient (Wildman–Crippen LogP) is 6.13. The Morgan fingerprint density at radius 3 is 2.19 bits per heavy atom. The van der Waals surface area contributed by atoms with Gasteiger partial charge in [0.05, 0.1) is 0 Å². The highest BCUT2D eigenvalue weighted by Crippen LogP contribution is 2.23. The van der Waals surface area contributed by atoms with Crippen molar-refractivity contribution in [3.8, 4) is 0 Å². The van der Waals surface area contributed by atoms with Crippen LogP contribution in [0.15, 0.2) is 53.4 Å². The van der Waals surface area contributed by atoms with E-state index in [-0.39, 0.29) is 5.91 Å². The molecule has 138 valence electrons. The normalized spacial score (nSPS) is 15.9. The van der Waals surface area contributed by atoms with Crippen molar-refractivity contribution < 1.29 is 4.79 Å². The number of nitrogens with one attached hydrogen (secondary N) is 1. The number of carbonyl (C=O) groups excluding carboxylic acids is 1. The first-order valence-electron chi connectivity index (χ1n) is 9.80. The lowest BCUT2D eigenvalue weighted by molar-refractivity contribution is 0.0930. The maximum absolute atomic E-state index is 12.5. The van der Waals surface area contributed by atoms with Gasteiger partial charge in [0.1, 0.15) is 0 Å². The Morgan fingerprint density at radius 2 is 1.54 bits per heavy atom. The number of thioether (sulfide) groups is 1. The van der Waals surface area contributed by atoms with Gasteiger partial charge in [-0.15, -0.1) is 11.8 Å². The lowest BCUT2D eigenvalue weighted by Crippen LogP contribution is -2.35. The fraction of sp³-hybridized carbons (Fsp3) is 0.435. The fourth-order valence-electron chi connectivity index (χ4n) is 3.42. The number of benzene rings is 2. The van der Waals surface area contributed by atoms with E-state index in [2.05, 4.69) is 48.6 Å². The molecule has 3 rings (SSSR count). The predicted molar refractivity (Wildman–Crippen MR) is 111 cm³/mol. The number of hydrogen-bond acceptors (Lipinski definition) is 2. The molecule has 2 aromatic carbocycles. The highest BCUT2D eigenvalue weighted by molar-refractivity contribution is 7.98. The van der Waals surface area contributed by atoms with Crippen molar-refractivity contribution in [1.29, 1.82) is 0 Å². The van der Waals surface area contributed by atoms with Gasteiger partial charge in [0.25, 0.3) is 5.91 Å². The summed E-state index contributed by atoms with van der Waals surface area (Å²) in [6.45, 7) is 2.11. The third kappa shape index (κ3) is 5.91. The van der Waals surface area contributed by atoms with Crippen molar-refractivity contribution in [2.24, 2.45) is 0 Å². The SMILES string of the molecule is Cc1ccc(SCc2ccc(C(=O)NC3CCCCCCC3)cc2)cc1. The van der Waals surface area contributed by atoms with E-state index in [1.165, 1.54) is 48.1 Å². The minimum atomic E-state index is 0.0771. The third-order valence-electron chi connectivity index (χ3n) is 5.08. The minimum absolute atomic E-state index is 0.0771. The molecule has 1 N–H and O–H groups in total. The number of carbonyl (C=O) groups is 1. The van der Waals surface area contributed by atoms with Crippen molar-refractivity contribution in [3.05, 3.63) is 65.2 Å². The molecule has 3 heteroatoms. The average Bonchev–Trinajstić information content (AvgIpc) is 2.64. The van der Waals surface area contributed by atoms with Crippen LogP contribution < -0.4 is 5.32 Å². The summed E-state index contributed by atoms with van der Waals surface area (Å²) in [4.78, 5) is 13.8. The molecule has 1 saturated carbocycles. The Labute approximate surface area is 161 Å². The fourth-order valence-corrected chi connectivity index (χ4v) is 4.28. The summed E-state index contributed by atoms with van der Waals surface area (Å²) in [6, 6.07) is 17.0. The topological polar surface area (TPSA) is 29.1 Å². The number of rotatable bonds is 5. The molecule has 0 radical (unpaired) electrons. The molecular weight excluding hydrogens is 338 g/mol. The molecule has 1 aliphatic rings. The Balaban J connectivity index is 1.51. The van der Waals surface area contributed by atoms with E-state index < -0.39 is 0 Å². The second-order valence-corrected chi connectivity index (χ2v) is 8.36. The van der Waals surface area contributed by atoms with Crippen LogP contribution in [0, 0.1) is 6.92 Å². The molecule has 0 atom stereocenters. The van der Waals surface area contributed by atoms with Crippen molar-refractivity contribution >= 4 is 17.7 Å². The molecule has 0 aliphatic heterocycles. The smallest absolute Gasteiger partial charge is 0.251 e. The van der Waals surface area contributed by atoms with E-state index in [1.54, 1.807) is 0 Å². The van der Waals surface area contributed by atoms with Crippen LogP contribution in [0.3, 0.4) is 0 Å². The first-order valence-corrected chi connectivity index (χ1v) is 10.8. The lowest BCUT2D eigenvalue weighted by Gasteiger charge is -2.21. The van der Waals surface area contributed by atoms with Crippen molar-refractivity contribution in [3.63, 3.8) is 0 Å². The van der Waals surface area contributed by atoms with Gasteiger partial charge in [-0.05, 0) is 49.6 Å². The standard InChI is InChI=1S/C23H29NOS/c1-18-9-15-22(16-10-18)26-17-19-11-13-20(14-12-19)23(25)24-21-7-5-3-2-4-6-8-21/h9-16,21H,2-8,17H2,1H3,(H,24,25). The van der Waals surface area contributed by atoms with E-state index in [0.29, 0.717) is 6.04 Å². The summed E-state index contributed by atoms with van der Waals surface area (Å²) in [5.41, 5.74) is 3.31. The molecule has 2 aromatic rings. The van der Waals surface area contributed by atoms with Crippen LogP contribution in [0.2, 0.25) is 0 Å². The van der Waals surface area contributed by atoms with Gasteiger partial charge in [-0.25, -0.2) is 0 Å². The molecule has 0 heterocycles. The molecule has 2 nitrogen and oxygen atoms in total. The zero-order valence-electron chi connectivity index (χ0n) is 15.7. The largest absolute Gasteiger partial charge is 0.349 e. The van der Waals surface area contributed by atoms with Gasteiger partial charge in [0.2, 0.25) is 0 Å². The van der Waals surface area contributed by atoms with E-state index in [1.807, 2.05) is 23.9 Å². The molecule has 1 fully saturated rings. The summed E-state index contributed by atoms with van der Waals surface area (Å²) in [7, 11) is 0. The van der Waals surface area contributed by atoms with Crippen LogP contribution in [-0.4, -0.2) is 11.9 Å². The maximum atomic E-state index is 12.5. The van der Waals surface area contributed by atoms with Crippen LogP contribution in [0.1, 0.15) is 66.4 Å². The molecule has 0 spiro atoms. The van der Waals surface area contributed by atoms with E-state index in [4.69, 9.17) is 0 Å².